The van der Waals surface area contributed by atoms with Crippen molar-refractivity contribution in [2.45, 2.75) is 13.8 Å². The number of thiocarbonyl (C=S) groups is 1. The Bertz CT molecular complexity index is 1070. The van der Waals surface area contributed by atoms with Crippen LogP contribution in [0.2, 0.25) is 0 Å². The van der Waals surface area contributed by atoms with Gasteiger partial charge in [-0.1, -0.05) is 18.2 Å². The molecule has 0 spiro atoms. The zero-order valence-electron chi connectivity index (χ0n) is 18.0. The van der Waals surface area contributed by atoms with Gasteiger partial charge in [-0.25, -0.2) is 0 Å². The lowest BCUT2D eigenvalue weighted by Crippen LogP contribution is -2.34. The minimum Gasteiger partial charge on any atom is -0.494 e. The third-order valence-electron chi connectivity index (χ3n) is 4.67. The van der Waals surface area contributed by atoms with Gasteiger partial charge in [0.15, 0.2) is 5.11 Å². The van der Waals surface area contributed by atoms with Crippen LogP contribution in [0.3, 0.4) is 0 Å². The van der Waals surface area contributed by atoms with Crippen molar-refractivity contribution in [3.05, 3.63) is 90.0 Å². The second-order valence-corrected chi connectivity index (χ2v) is 7.24. The number of benzene rings is 3. The van der Waals surface area contributed by atoms with Gasteiger partial charge in [-0.3, -0.25) is 14.9 Å². The number of ether oxygens (including phenoxy) is 1. The molecule has 3 rings (SSSR count). The first-order chi connectivity index (χ1) is 15.5. The standard InChI is InChI=1S/C25H25N3O3S/c1-3-28(21-8-6-5-7-9-21)24(30)19-10-14-20(15-11-19)26-25(32)27-23(29)18-12-16-22(17-13-18)31-4-2/h5-17H,3-4H2,1-2H3,(H2,26,27,29,32). The Kier molecular flexibility index (Phi) is 7.94. The lowest BCUT2D eigenvalue weighted by molar-refractivity contribution is 0.0973. The van der Waals surface area contributed by atoms with Crippen LogP contribution in [0.1, 0.15) is 34.6 Å². The van der Waals surface area contributed by atoms with Crippen LogP contribution in [-0.2, 0) is 0 Å². The molecule has 7 heteroatoms. The van der Waals surface area contributed by atoms with Gasteiger partial charge in [0.2, 0.25) is 0 Å². The Hall–Kier alpha value is -3.71. The maximum absolute atomic E-state index is 12.9. The SMILES string of the molecule is CCOc1ccc(C(=O)NC(=S)Nc2ccc(C(=O)N(CC)c3ccccc3)cc2)cc1. The van der Waals surface area contributed by atoms with Gasteiger partial charge >= 0.3 is 0 Å². The van der Waals surface area contributed by atoms with E-state index in [4.69, 9.17) is 17.0 Å². The van der Waals surface area contributed by atoms with E-state index >= 15 is 0 Å². The van der Waals surface area contributed by atoms with E-state index in [9.17, 15) is 9.59 Å². The molecule has 0 bridgehead atoms. The predicted molar refractivity (Wildman–Crippen MR) is 132 cm³/mol. The molecule has 164 valence electrons. The van der Waals surface area contributed by atoms with Gasteiger partial charge in [-0.05, 0) is 86.7 Å². The third-order valence-corrected chi connectivity index (χ3v) is 4.88. The molecule has 0 saturated carbocycles. The number of nitrogens with one attached hydrogen (secondary N) is 2. The normalized spacial score (nSPS) is 10.2. The summed E-state index contributed by atoms with van der Waals surface area (Å²) in [6, 6.07) is 23.3. The van der Waals surface area contributed by atoms with Crippen LogP contribution in [0, 0.1) is 0 Å². The lowest BCUT2D eigenvalue weighted by Gasteiger charge is -2.21. The molecule has 0 fully saturated rings. The van der Waals surface area contributed by atoms with E-state index in [1.54, 1.807) is 53.4 Å². The number of para-hydroxylation sites is 1. The summed E-state index contributed by atoms with van der Waals surface area (Å²) in [6.45, 7) is 4.96. The maximum atomic E-state index is 12.9. The number of rotatable bonds is 7. The molecule has 6 nitrogen and oxygen atoms in total. The van der Waals surface area contributed by atoms with E-state index in [1.807, 2.05) is 44.2 Å². The average Bonchev–Trinajstić information content (AvgIpc) is 2.81. The Labute approximate surface area is 193 Å². The lowest BCUT2D eigenvalue weighted by atomic mass is 10.1. The Balaban J connectivity index is 1.59. The number of amides is 2. The van der Waals surface area contributed by atoms with Crippen LogP contribution in [0.25, 0.3) is 0 Å². The van der Waals surface area contributed by atoms with Crippen LogP contribution in [-0.4, -0.2) is 30.1 Å². The number of nitrogens with zero attached hydrogens (tertiary/aromatic N) is 1. The van der Waals surface area contributed by atoms with Crippen LogP contribution in [0.4, 0.5) is 11.4 Å². The summed E-state index contributed by atoms with van der Waals surface area (Å²) in [7, 11) is 0. The molecule has 0 saturated heterocycles. The highest BCUT2D eigenvalue weighted by molar-refractivity contribution is 7.80. The summed E-state index contributed by atoms with van der Waals surface area (Å²) >= 11 is 5.25. The molecule has 0 aliphatic rings. The summed E-state index contributed by atoms with van der Waals surface area (Å²) in [5.74, 6) is 0.295. The average molecular weight is 448 g/mol. The summed E-state index contributed by atoms with van der Waals surface area (Å²) in [5.41, 5.74) is 2.55. The first kappa shape index (κ1) is 23.0. The first-order valence-corrected chi connectivity index (χ1v) is 10.7. The van der Waals surface area contributed by atoms with Gasteiger partial charge in [0.25, 0.3) is 11.8 Å². The number of hydrogen-bond acceptors (Lipinski definition) is 4. The first-order valence-electron chi connectivity index (χ1n) is 10.3. The van der Waals surface area contributed by atoms with Gasteiger partial charge in [-0.2, -0.15) is 0 Å². The molecular formula is C25H25N3O3S. The van der Waals surface area contributed by atoms with E-state index in [0.717, 1.165) is 5.69 Å². The van der Waals surface area contributed by atoms with Gasteiger partial charge in [0.05, 0.1) is 6.61 Å². The molecular weight excluding hydrogens is 422 g/mol. The molecule has 0 heterocycles. The van der Waals surface area contributed by atoms with E-state index in [-0.39, 0.29) is 16.9 Å². The molecule has 0 aliphatic carbocycles. The fraction of sp³-hybridized carbons (Fsp3) is 0.160. The van der Waals surface area contributed by atoms with Gasteiger partial charge in [0.1, 0.15) is 5.75 Å². The topological polar surface area (TPSA) is 70.7 Å². The quantitative estimate of drug-likeness (QED) is 0.505. The van der Waals surface area contributed by atoms with E-state index < -0.39 is 0 Å². The number of anilines is 2. The van der Waals surface area contributed by atoms with Crippen molar-refractivity contribution < 1.29 is 14.3 Å². The third kappa shape index (κ3) is 5.92. The van der Waals surface area contributed by atoms with Crippen molar-refractivity contribution in [2.75, 3.05) is 23.4 Å². The Morgan fingerprint density at radius 1 is 0.875 bits per heavy atom. The van der Waals surface area contributed by atoms with Gasteiger partial charge in [-0.15, -0.1) is 0 Å². The van der Waals surface area contributed by atoms with Crippen LogP contribution >= 0.6 is 12.2 Å². The molecule has 0 radical (unpaired) electrons. The number of carbonyl (C=O) groups excluding carboxylic acids is 2. The molecule has 2 N–H and O–H groups in total. The molecule has 32 heavy (non-hydrogen) atoms. The summed E-state index contributed by atoms with van der Waals surface area (Å²) in [6.07, 6.45) is 0. The zero-order chi connectivity index (χ0) is 22.9. The van der Waals surface area contributed by atoms with Crippen molar-refractivity contribution in [3.63, 3.8) is 0 Å². The fourth-order valence-corrected chi connectivity index (χ4v) is 3.32. The Morgan fingerprint density at radius 2 is 1.50 bits per heavy atom. The molecule has 0 atom stereocenters. The summed E-state index contributed by atoms with van der Waals surface area (Å²) < 4.78 is 5.38. The Morgan fingerprint density at radius 3 is 2.09 bits per heavy atom. The van der Waals surface area contributed by atoms with Gasteiger partial charge in [0, 0.05) is 29.0 Å². The molecule has 3 aromatic carbocycles. The molecule has 0 aromatic heterocycles. The molecule has 0 aliphatic heterocycles. The van der Waals surface area contributed by atoms with Crippen molar-refractivity contribution in [1.29, 1.82) is 0 Å². The van der Waals surface area contributed by atoms with E-state index in [2.05, 4.69) is 10.6 Å². The highest BCUT2D eigenvalue weighted by Gasteiger charge is 2.16. The predicted octanol–water partition coefficient (Wildman–Crippen LogP) is 4.88. The molecule has 3 aromatic rings. The second kappa shape index (κ2) is 11.1. The number of carbonyl (C=O) groups is 2. The maximum Gasteiger partial charge on any atom is 0.258 e. The highest BCUT2D eigenvalue weighted by Crippen LogP contribution is 2.18. The van der Waals surface area contributed by atoms with Crippen molar-refractivity contribution >= 4 is 40.5 Å². The minimum atomic E-state index is -0.321. The van der Waals surface area contributed by atoms with Crippen molar-refractivity contribution in [3.8, 4) is 5.75 Å². The highest BCUT2D eigenvalue weighted by atomic mass is 32.1. The smallest absolute Gasteiger partial charge is 0.258 e. The van der Waals surface area contributed by atoms with Crippen molar-refractivity contribution in [1.82, 2.24) is 5.32 Å². The zero-order valence-corrected chi connectivity index (χ0v) is 18.8. The second-order valence-electron chi connectivity index (χ2n) is 6.83. The van der Waals surface area contributed by atoms with E-state index in [1.165, 1.54) is 0 Å². The minimum absolute atomic E-state index is 0.0865. The van der Waals surface area contributed by atoms with Gasteiger partial charge < -0.3 is 15.0 Å². The summed E-state index contributed by atoms with van der Waals surface area (Å²) in [4.78, 5) is 27.0. The molecule has 0 unspecified atom stereocenters. The monoisotopic (exact) mass is 447 g/mol. The van der Waals surface area contributed by atoms with Crippen LogP contribution < -0.4 is 20.3 Å². The van der Waals surface area contributed by atoms with Crippen LogP contribution in [0.15, 0.2) is 78.9 Å². The summed E-state index contributed by atoms with van der Waals surface area (Å²) in [5, 5.41) is 5.78. The largest absolute Gasteiger partial charge is 0.494 e. The van der Waals surface area contributed by atoms with Crippen LogP contribution in [0.5, 0.6) is 5.75 Å². The van der Waals surface area contributed by atoms with E-state index in [0.29, 0.717) is 35.7 Å². The fourth-order valence-electron chi connectivity index (χ4n) is 3.11. The van der Waals surface area contributed by atoms with Crippen molar-refractivity contribution in [2.24, 2.45) is 0 Å². The number of hydrogen-bond donors (Lipinski definition) is 2. The molecule has 2 amide bonds.